The first-order valence-corrected chi connectivity index (χ1v) is 7.21. The summed E-state index contributed by atoms with van der Waals surface area (Å²) in [5.74, 6) is 1.50. The third-order valence-electron chi connectivity index (χ3n) is 4.11. The van der Waals surface area contributed by atoms with Gasteiger partial charge in [-0.05, 0) is 52.3 Å². The van der Waals surface area contributed by atoms with Gasteiger partial charge in [-0.15, -0.1) is 0 Å². The number of pyridine rings is 1. The van der Waals surface area contributed by atoms with Crippen LogP contribution in [-0.2, 0) is 0 Å². The van der Waals surface area contributed by atoms with Crippen LogP contribution in [0.4, 0.5) is 0 Å². The predicted molar refractivity (Wildman–Crippen MR) is 76.4 cm³/mol. The molecule has 0 aliphatic carbocycles. The summed E-state index contributed by atoms with van der Waals surface area (Å²) in [5.41, 5.74) is 2.12. The van der Waals surface area contributed by atoms with Gasteiger partial charge < -0.3 is 4.90 Å². The SMILES string of the molecule is Cc1cccc2nc(C3CCCN(C(C)C)C3)nn12. The minimum atomic E-state index is 0.482. The Morgan fingerprint density at radius 1 is 1.32 bits per heavy atom. The minimum Gasteiger partial charge on any atom is -0.300 e. The van der Waals surface area contributed by atoms with Crippen molar-refractivity contribution < 1.29 is 0 Å². The van der Waals surface area contributed by atoms with Gasteiger partial charge in [-0.25, -0.2) is 9.50 Å². The van der Waals surface area contributed by atoms with E-state index < -0.39 is 0 Å². The van der Waals surface area contributed by atoms with E-state index in [1.54, 1.807) is 0 Å². The van der Waals surface area contributed by atoms with Gasteiger partial charge in [-0.1, -0.05) is 6.07 Å². The van der Waals surface area contributed by atoms with Crippen molar-refractivity contribution >= 4 is 5.65 Å². The minimum absolute atomic E-state index is 0.482. The molecule has 2 aromatic rings. The molecule has 1 unspecified atom stereocenters. The summed E-state index contributed by atoms with van der Waals surface area (Å²) in [5, 5.41) is 4.71. The van der Waals surface area contributed by atoms with Crippen molar-refractivity contribution in [2.45, 2.75) is 45.6 Å². The fourth-order valence-corrected chi connectivity index (χ4v) is 2.91. The summed E-state index contributed by atoms with van der Waals surface area (Å²) >= 11 is 0. The van der Waals surface area contributed by atoms with Crippen LogP contribution in [0, 0.1) is 6.92 Å². The third-order valence-corrected chi connectivity index (χ3v) is 4.11. The third kappa shape index (κ3) is 2.37. The van der Waals surface area contributed by atoms with Gasteiger partial charge >= 0.3 is 0 Å². The highest BCUT2D eigenvalue weighted by atomic mass is 15.3. The Bertz CT molecular complexity index is 573. The maximum absolute atomic E-state index is 4.72. The van der Waals surface area contributed by atoms with Crippen LogP contribution in [0.15, 0.2) is 18.2 Å². The highest BCUT2D eigenvalue weighted by Crippen LogP contribution is 2.26. The molecule has 1 saturated heterocycles. The van der Waals surface area contributed by atoms with E-state index in [2.05, 4.69) is 31.7 Å². The molecule has 4 heteroatoms. The van der Waals surface area contributed by atoms with E-state index in [1.807, 2.05) is 16.6 Å². The number of aromatic nitrogens is 3. The maximum atomic E-state index is 4.72. The van der Waals surface area contributed by atoms with Crippen molar-refractivity contribution in [2.75, 3.05) is 13.1 Å². The Morgan fingerprint density at radius 2 is 2.16 bits per heavy atom. The van der Waals surface area contributed by atoms with Crippen molar-refractivity contribution in [3.63, 3.8) is 0 Å². The molecule has 19 heavy (non-hydrogen) atoms. The van der Waals surface area contributed by atoms with Gasteiger partial charge in [0.1, 0.15) is 0 Å². The van der Waals surface area contributed by atoms with Crippen molar-refractivity contribution in [1.82, 2.24) is 19.5 Å². The van der Waals surface area contributed by atoms with E-state index >= 15 is 0 Å². The molecule has 0 saturated carbocycles. The molecule has 0 aromatic carbocycles. The molecule has 1 aliphatic heterocycles. The molecule has 0 radical (unpaired) electrons. The Balaban J connectivity index is 1.89. The Hall–Kier alpha value is -1.42. The molecular formula is C15H22N4. The summed E-state index contributed by atoms with van der Waals surface area (Å²) in [6.45, 7) is 8.91. The van der Waals surface area contributed by atoms with Crippen LogP contribution in [0.5, 0.6) is 0 Å². The van der Waals surface area contributed by atoms with Crippen LogP contribution < -0.4 is 0 Å². The number of nitrogens with zero attached hydrogens (tertiary/aromatic N) is 4. The highest BCUT2D eigenvalue weighted by Gasteiger charge is 2.25. The van der Waals surface area contributed by atoms with Crippen molar-refractivity contribution in [3.8, 4) is 0 Å². The summed E-state index contributed by atoms with van der Waals surface area (Å²) in [6, 6.07) is 6.77. The molecular weight excluding hydrogens is 236 g/mol. The molecule has 0 spiro atoms. The fraction of sp³-hybridized carbons (Fsp3) is 0.600. The zero-order valence-electron chi connectivity index (χ0n) is 12.0. The molecule has 0 N–H and O–H groups in total. The number of hydrogen-bond donors (Lipinski definition) is 0. The Labute approximate surface area is 114 Å². The largest absolute Gasteiger partial charge is 0.300 e. The first kappa shape index (κ1) is 12.6. The number of piperidine rings is 1. The number of rotatable bonds is 2. The smallest absolute Gasteiger partial charge is 0.156 e. The average molecular weight is 258 g/mol. The lowest BCUT2D eigenvalue weighted by atomic mass is 9.96. The second-order valence-electron chi connectivity index (χ2n) is 5.84. The van der Waals surface area contributed by atoms with Gasteiger partial charge in [0.15, 0.2) is 11.5 Å². The van der Waals surface area contributed by atoms with Crippen LogP contribution in [-0.4, -0.2) is 38.6 Å². The van der Waals surface area contributed by atoms with Crippen LogP contribution in [0.3, 0.4) is 0 Å². The normalized spacial score (nSPS) is 21.4. The molecule has 102 valence electrons. The van der Waals surface area contributed by atoms with E-state index in [0.717, 1.165) is 23.7 Å². The van der Waals surface area contributed by atoms with Crippen LogP contribution in [0.25, 0.3) is 5.65 Å². The molecule has 1 aliphatic rings. The highest BCUT2D eigenvalue weighted by molar-refractivity contribution is 5.39. The quantitative estimate of drug-likeness (QED) is 0.830. The van der Waals surface area contributed by atoms with E-state index in [-0.39, 0.29) is 0 Å². The second kappa shape index (κ2) is 4.93. The molecule has 4 nitrogen and oxygen atoms in total. The summed E-state index contributed by atoms with van der Waals surface area (Å²) in [4.78, 5) is 7.25. The molecule has 1 fully saturated rings. The molecule has 3 rings (SSSR count). The summed E-state index contributed by atoms with van der Waals surface area (Å²) in [7, 11) is 0. The van der Waals surface area contributed by atoms with Gasteiger partial charge in [0.05, 0.1) is 0 Å². The van der Waals surface area contributed by atoms with Gasteiger partial charge in [-0.2, -0.15) is 5.10 Å². The van der Waals surface area contributed by atoms with E-state index in [4.69, 9.17) is 10.1 Å². The van der Waals surface area contributed by atoms with E-state index in [9.17, 15) is 0 Å². The predicted octanol–water partition coefficient (Wildman–Crippen LogP) is 2.63. The average Bonchev–Trinajstić information content (AvgIpc) is 2.84. The van der Waals surface area contributed by atoms with Crippen molar-refractivity contribution in [2.24, 2.45) is 0 Å². The first-order valence-electron chi connectivity index (χ1n) is 7.21. The molecule has 0 bridgehead atoms. The second-order valence-corrected chi connectivity index (χ2v) is 5.84. The summed E-state index contributed by atoms with van der Waals surface area (Å²) < 4.78 is 1.96. The number of likely N-dealkylation sites (tertiary alicyclic amines) is 1. The molecule has 3 heterocycles. The topological polar surface area (TPSA) is 33.4 Å². The summed E-state index contributed by atoms with van der Waals surface area (Å²) in [6.07, 6.45) is 2.45. The fourth-order valence-electron chi connectivity index (χ4n) is 2.91. The lowest BCUT2D eigenvalue weighted by Crippen LogP contribution is -2.39. The number of fused-ring (bicyclic) bond motifs is 1. The van der Waals surface area contributed by atoms with Gasteiger partial charge in [0.25, 0.3) is 0 Å². The van der Waals surface area contributed by atoms with Crippen molar-refractivity contribution in [3.05, 3.63) is 29.7 Å². The zero-order chi connectivity index (χ0) is 13.4. The lowest BCUT2D eigenvalue weighted by Gasteiger charge is -2.34. The zero-order valence-corrected chi connectivity index (χ0v) is 12.0. The van der Waals surface area contributed by atoms with Gasteiger partial charge in [0.2, 0.25) is 0 Å². The Morgan fingerprint density at radius 3 is 2.89 bits per heavy atom. The first-order chi connectivity index (χ1) is 9.15. The van der Waals surface area contributed by atoms with E-state index in [0.29, 0.717) is 12.0 Å². The standard InChI is InChI=1S/C15H22N4/c1-11(2)18-9-5-7-13(10-18)15-16-14-8-4-6-12(3)19(14)17-15/h4,6,8,11,13H,5,7,9-10H2,1-3H3. The Kier molecular flexibility index (Phi) is 3.27. The number of aryl methyl sites for hydroxylation is 1. The van der Waals surface area contributed by atoms with Gasteiger partial charge in [0, 0.05) is 24.2 Å². The lowest BCUT2D eigenvalue weighted by molar-refractivity contribution is 0.165. The van der Waals surface area contributed by atoms with Crippen LogP contribution in [0.2, 0.25) is 0 Å². The molecule has 1 atom stereocenters. The number of hydrogen-bond acceptors (Lipinski definition) is 3. The van der Waals surface area contributed by atoms with E-state index in [1.165, 1.54) is 19.4 Å². The molecule has 2 aromatic heterocycles. The maximum Gasteiger partial charge on any atom is 0.156 e. The van der Waals surface area contributed by atoms with Crippen LogP contribution in [0.1, 0.15) is 44.1 Å². The molecule has 0 amide bonds. The van der Waals surface area contributed by atoms with Gasteiger partial charge in [-0.3, -0.25) is 0 Å². The van der Waals surface area contributed by atoms with Crippen LogP contribution >= 0.6 is 0 Å². The van der Waals surface area contributed by atoms with Crippen molar-refractivity contribution in [1.29, 1.82) is 0 Å². The monoisotopic (exact) mass is 258 g/mol.